The molecule has 2 aliphatic rings. The van der Waals surface area contributed by atoms with Gasteiger partial charge in [0.2, 0.25) is 0 Å². The van der Waals surface area contributed by atoms with Crippen molar-refractivity contribution in [3.05, 3.63) is 241 Å². The van der Waals surface area contributed by atoms with E-state index in [1.807, 2.05) is 0 Å². The number of benzene rings is 9. The molecule has 60 heavy (non-hydrogen) atoms. The third-order valence-corrected chi connectivity index (χ3v) is 17.0. The van der Waals surface area contributed by atoms with Crippen LogP contribution in [0.3, 0.4) is 0 Å². The predicted molar refractivity (Wildman–Crippen MR) is 255 cm³/mol. The van der Waals surface area contributed by atoms with Crippen LogP contribution in [0.5, 0.6) is 0 Å². The Labute approximate surface area is 352 Å². The predicted octanol–water partition coefficient (Wildman–Crippen LogP) is 13.4. The van der Waals surface area contributed by atoms with Gasteiger partial charge in [0, 0.05) is 27.8 Å². The largest absolute Gasteiger partial charge is 0.311 e. The Morgan fingerprint density at radius 3 is 1.70 bits per heavy atom. The number of aromatic nitrogens is 1. The fraction of sp³-hybridized carbons (Fsp3) is 0.0526. The molecule has 1 atom stereocenters. The van der Waals surface area contributed by atoms with Crippen LogP contribution >= 0.6 is 0 Å². The van der Waals surface area contributed by atoms with Gasteiger partial charge in [-0.05, 0) is 103 Å². The Balaban J connectivity index is 1.07. The monoisotopic (exact) mass is 782 g/mol. The maximum Gasteiger partial charge on any atom is 0.113 e. The summed E-state index contributed by atoms with van der Waals surface area (Å²) in [6.07, 6.45) is 0. The molecule has 0 fully saturated rings. The first-order chi connectivity index (χ1) is 29.5. The molecular weight excluding hydrogens is 741 g/mol. The number of nitrogens with zero attached hydrogens (tertiary/aromatic N) is 2. The smallest absolute Gasteiger partial charge is 0.113 e. The lowest BCUT2D eigenvalue weighted by atomic mass is 9.62. The minimum atomic E-state index is -2.29. The molecule has 1 unspecified atom stereocenters. The maximum absolute atomic E-state index is 2.57. The van der Waals surface area contributed by atoms with Crippen molar-refractivity contribution in [3.63, 3.8) is 0 Å². The number of fused-ring (bicyclic) bond motifs is 11. The van der Waals surface area contributed by atoms with Gasteiger partial charge in [-0.15, -0.1) is 0 Å². The van der Waals surface area contributed by atoms with Gasteiger partial charge in [0.15, 0.2) is 0 Å². The summed E-state index contributed by atoms with van der Waals surface area (Å²) in [6, 6.07) is 81.3. The standard InChI is InChI=1S/C57H42N2Si/c1-60(2)54-30-14-11-25-49(54)57(48-24-10-13-29-53(48)59-52-28-12-9-21-46(52)47-23-16-26-50(57)55(47)59)51-27-15-22-45(56(51)60)41-33-37-44(38-34-41)58(42-19-7-4-8-20-42)43-35-31-40(32-36-43)39-17-5-3-6-18-39/h3-38H,1-2H3. The molecule has 2 nitrogen and oxygen atoms in total. The summed E-state index contributed by atoms with van der Waals surface area (Å²) < 4.78 is 2.54. The van der Waals surface area contributed by atoms with Gasteiger partial charge >= 0.3 is 0 Å². The SMILES string of the molecule is C[Si]1(C)c2ccccc2C2(c3ccccc3-n3c4ccccc4c4cccc2c43)c2cccc(-c3ccc(N(c4ccccc4)c4ccc(-c5ccccc5)cc4)cc3)c21. The van der Waals surface area contributed by atoms with Crippen molar-refractivity contribution in [1.82, 2.24) is 4.57 Å². The molecule has 2 aliphatic heterocycles. The number of hydrogen-bond acceptors (Lipinski definition) is 1. The Hall–Kier alpha value is -7.20. The highest BCUT2D eigenvalue weighted by molar-refractivity contribution is 7.02. The van der Waals surface area contributed by atoms with E-state index in [0.29, 0.717) is 0 Å². The average Bonchev–Trinajstić information content (AvgIpc) is 3.65. The fourth-order valence-electron chi connectivity index (χ4n) is 10.9. The first-order valence-electron chi connectivity index (χ1n) is 21.0. The van der Waals surface area contributed by atoms with Crippen LogP contribution in [0.2, 0.25) is 13.1 Å². The van der Waals surface area contributed by atoms with Crippen LogP contribution in [0.1, 0.15) is 22.3 Å². The molecule has 1 spiro atoms. The molecular formula is C57H42N2Si. The zero-order chi connectivity index (χ0) is 40.0. The van der Waals surface area contributed by atoms with Gasteiger partial charge in [-0.2, -0.15) is 0 Å². The van der Waals surface area contributed by atoms with E-state index in [9.17, 15) is 0 Å². The first-order valence-corrected chi connectivity index (χ1v) is 24.0. The molecule has 1 aromatic heterocycles. The molecule has 0 saturated carbocycles. The zero-order valence-corrected chi connectivity index (χ0v) is 34.7. The number of rotatable bonds is 5. The van der Waals surface area contributed by atoms with Crippen LogP contribution in [0.15, 0.2) is 218 Å². The van der Waals surface area contributed by atoms with Gasteiger partial charge in [-0.1, -0.05) is 183 Å². The molecule has 0 saturated heterocycles. The van der Waals surface area contributed by atoms with Gasteiger partial charge in [-0.3, -0.25) is 0 Å². The van der Waals surface area contributed by atoms with Crippen molar-refractivity contribution in [2.75, 3.05) is 4.90 Å². The van der Waals surface area contributed by atoms with E-state index in [4.69, 9.17) is 0 Å². The number of hydrogen-bond donors (Lipinski definition) is 0. The molecule has 0 aliphatic carbocycles. The lowest BCUT2D eigenvalue weighted by Gasteiger charge is -2.50. The van der Waals surface area contributed by atoms with Gasteiger partial charge < -0.3 is 9.47 Å². The molecule has 0 amide bonds. The third-order valence-electron chi connectivity index (χ3n) is 13.4. The molecule has 0 N–H and O–H groups in total. The molecule has 0 radical (unpaired) electrons. The Kier molecular flexibility index (Phi) is 7.63. The van der Waals surface area contributed by atoms with Crippen LogP contribution in [0.25, 0.3) is 49.7 Å². The fourth-order valence-corrected chi connectivity index (χ4v) is 14.5. The van der Waals surface area contributed by atoms with E-state index in [-0.39, 0.29) is 0 Å². The van der Waals surface area contributed by atoms with Crippen molar-refractivity contribution in [1.29, 1.82) is 0 Å². The minimum absolute atomic E-state index is 0.499. The van der Waals surface area contributed by atoms with Crippen molar-refractivity contribution in [2.24, 2.45) is 0 Å². The Morgan fingerprint density at radius 2 is 0.933 bits per heavy atom. The zero-order valence-electron chi connectivity index (χ0n) is 33.7. The van der Waals surface area contributed by atoms with E-state index in [1.54, 1.807) is 0 Å². The van der Waals surface area contributed by atoms with Crippen molar-refractivity contribution in [2.45, 2.75) is 18.5 Å². The Morgan fingerprint density at radius 1 is 0.400 bits per heavy atom. The second-order valence-corrected chi connectivity index (χ2v) is 21.1. The highest BCUT2D eigenvalue weighted by Crippen LogP contribution is 2.55. The van der Waals surface area contributed by atoms with Crippen molar-refractivity contribution in [3.8, 4) is 27.9 Å². The first kappa shape index (κ1) is 34.8. The molecule has 12 rings (SSSR count). The van der Waals surface area contributed by atoms with E-state index in [0.717, 1.165) is 17.1 Å². The van der Waals surface area contributed by atoms with Crippen LogP contribution < -0.4 is 15.3 Å². The summed E-state index contributed by atoms with van der Waals surface area (Å²) in [6.45, 7) is 5.13. The second kappa shape index (κ2) is 13.2. The molecule has 3 heteroatoms. The summed E-state index contributed by atoms with van der Waals surface area (Å²) in [4.78, 5) is 2.36. The van der Waals surface area contributed by atoms with Crippen LogP contribution in [-0.2, 0) is 5.41 Å². The summed E-state index contributed by atoms with van der Waals surface area (Å²) in [5.41, 5.74) is 17.3. The number of anilines is 3. The second-order valence-electron chi connectivity index (χ2n) is 16.9. The topological polar surface area (TPSA) is 8.17 Å². The highest BCUT2D eigenvalue weighted by atomic mass is 28.3. The number of para-hydroxylation sites is 4. The molecule has 284 valence electrons. The third kappa shape index (κ3) is 4.81. The maximum atomic E-state index is 2.57. The normalized spacial score (nSPS) is 15.7. The Bertz CT molecular complexity index is 3270. The lowest BCUT2D eigenvalue weighted by Crippen LogP contribution is -2.64. The molecule has 0 bridgehead atoms. The minimum Gasteiger partial charge on any atom is -0.311 e. The van der Waals surface area contributed by atoms with Gasteiger partial charge in [0.05, 0.1) is 22.1 Å². The average molecular weight is 783 g/mol. The summed E-state index contributed by atoms with van der Waals surface area (Å²) in [5, 5.41) is 5.63. The van der Waals surface area contributed by atoms with Crippen LogP contribution in [0.4, 0.5) is 17.1 Å². The van der Waals surface area contributed by atoms with E-state index in [2.05, 4.69) is 241 Å². The summed E-state index contributed by atoms with van der Waals surface area (Å²) in [7, 11) is -2.29. The summed E-state index contributed by atoms with van der Waals surface area (Å²) >= 11 is 0. The van der Waals surface area contributed by atoms with E-state index >= 15 is 0 Å². The lowest BCUT2D eigenvalue weighted by molar-refractivity contribution is 0.732. The van der Waals surface area contributed by atoms with Crippen LogP contribution in [0, 0.1) is 0 Å². The van der Waals surface area contributed by atoms with Crippen LogP contribution in [-0.4, -0.2) is 12.6 Å². The van der Waals surface area contributed by atoms with Gasteiger partial charge in [-0.25, -0.2) is 0 Å². The van der Waals surface area contributed by atoms with E-state index < -0.39 is 13.5 Å². The molecule has 3 heterocycles. The molecule has 10 aromatic rings. The highest BCUT2D eigenvalue weighted by Gasteiger charge is 2.53. The van der Waals surface area contributed by atoms with Crippen molar-refractivity contribution < 1.29 is 0 Å². The summed E-state index contributed by atoms with van der Waals surface area (Å²) in [5.74, 6) is 0. The quantitative estimate of drug-likeness (QED) is 0.158. The van der Waals surface area contributed by atoms with E-state index in [1.165, 1.54) is 82.4 Å². The molecule has 9 aromatic carbocycles. The van der Waals surface area contributed by atoms with Crippen molar-refractivity contribution >= 4 is 57.3 Å². The van der Waals surface area contributed by atoms with Gasteiger partial charge in [0.25, 0.3) is 0 Å². The van der Waals surface area contributed by atoms with Gasteiger partial charge in [0.1, 0.15) is 8.07 Å².